The van der Waals surface area contributed by atoms with Crippen LogP contribution in [-0.2, 0) is 6.54 Å². The molecule has 3 aromatic rings. The second kappa shape index (κ2) is 8.69. The lowest BCUT2D eigenvalue weighted by Crippen LogP contribution is -2.36. The molecule has 4 rings (SSSR count). The summed E-state index contributed by atoms with van der Waals surface area (Å²) in [6.07, 6.45) is 5.81. The van der Waals surface area contributed by atoms with Crippen molar-refractivity contribution < 1.29 is 4.79 Å². The van der Waals surface area contributed by atoms with E-state index < -0.39 is 0 Å². The molecule has 152 valence electrons. The van der Waals surface area contributed by atoms with Crippen molar-refractivity contribution in [1.29, 1.82) is 0 Å². The molecule has 0 aliphatic carbocycles. The largest absolute Gasteiger partial charge is 0.338 e. The molecule has 1 fully saturated rings. The monoisotopic (exact) mass is 392 g/mol. The molecule has 2 aromatic heterocycles. The van der Waals surface area contributed by atoms with Gasteiger partial charge in [0.2, 0.25) is 0 Å². The van der Waals surface area contributed by atoms with Crippen molar-refractivity contribution in [3.63, 3.8) is 0 Å². The SMILES string of the molecule is CCN(CC)C(=O)c1cn([C@@H]2CCCN(Cc3cccc4ncccc34)C2)nn1. The first kappa shape index (κ1) is 19.5. The molecule has 0 spiro atoms. The fraction of sp³-hybridized carbons (Fsp3) is 0.455. The van der Waals surface area contributed by atoms with Gasteiger partial charge >= 0.3 is 0 Å². The van der Waals surface area contributed by atoms with Gasteiger partial charge in [-0.15, -0.1) is 5.10 Å². The van der Waals surface area contributed by atoms with Gasteiger partial charge in [-0.1, -0.05) is 23.4 Å². The fourth-order valence-corrected chi connectivity index (χ4v) is 4.16. The maximum atomic E-state index is 12.5. The van der Waals surface area contributed by atoms with Gasteiger partial charge < -0.3 is 4.90 Å². The molecule has 0 radical (unpaired) electrons. The molecule has 7 heteroatoms. The molecule has 3 heterocycles. The van der Waals surface area contributed by atoms with Crippen LogP contribution in [-0.4, -0.2) is 61.9 Å². The van der Waals surface area contributed by atoms with Crippen LogP contribution in [0.5, 0.6) is 0 Å². The average Bonchev–Trinajstić information content (AvgIpc) is 3.25. The van der Waals surface area contributed by atoms with E-state index in [0.717, 1.165) is 38.0 Å². The van der Waals surface area contributed by atoms with Crippen molar-refractivity contribution in [1.82, 2.24) is 29.8 Å². The van der Waals surface area contributed by atoms with E-state index in [2.05, 4.69) is 44.5 Å². The summed E-state index contributed by atoms with van der Waals surface area (Å²) in [6, 6.07) is 10.7. The molecular formula is C22H28N6O. The Bertz CT molecular complexity index is 975. The van der Waals surface area contributed by atoms with Gasteiger partial charge in [-0.3, -0.25) is 14.7 Å². The fourth-order valence-electron chi connectivity index (χ4n) is 4.16. The van der Waals surface area contributed by atoms with Crippen molar-refractivity contribution in [2.45, 2.75) is 39.3 Å². The highest BCUT2D eigenvalue weighted by molar-refractivity contribution is 5.91. The number of fused-ring (bicyclic) bond motifs is 1. The molecule has 1 aromatic carbocycles. The predicted molar refractivity (Wildman–Crippen MR) is 113 cm³/mol. The molecule has 1 saturated heterocycles. The Balaban J connectivity index is 1.47. The number of carbonyl (C=O) groups is 1. The zero-order valence-corrected chi connectivity index (χ0v) is 17.2. The van der Waals surface area contributed by atoms with Crippen LogP contribution < -0.4 is 0 Å². The van der Waals surface area contributed by atoms with E-state index >= 15 is 0 Å². The first-order chi connectivity index (χ1) is 14.2. The second-order valence-electron chi connectivity index (χ2n) is 7.58. The molecule has 1 aliphatic heterocycles. The smallest absolute Gasteiger partial charge is 0.276 e. The Kier molecular flexibility index (Phi) is 5.85. The molecule has 0 saturated carbocycles. The normalized spacial score (nSPS) is 17.5. The number of aromatic nitrogens is 4. The van der Waals surface area contributed by atoms with Crippen molar-refractivity contribution in [3.8, 4) is 0 Å². The number of pyridine rings is 1. The number of hydrogen-bond acceptors (Lipinski definition) is 5. The first-order valence-electron chi connectivity index (χ1n) is 10.5. The molecule has 1 amide bonds. The highest BCUT2D eigenvalue weighted by Gasteiger charge is 2.24. The molecule has 0 unspecified atom stereocenters. The topological polar surface area (TPSA) is 67.2 Å². The number of rotatable bonds is 6. The van der Waals surface area contributed by atoms with Crippen molar-refractivity contribution in [3.05, 3.63) is 54.0 Å². The lowest BCUT2D eigenvalue weighted by Gasteiger charge is -2.32. The van der Waals surface area contributed by atoms with Crippen LogP contribution in [0.15, 0.2) is 42.7 Å². The van der Waals surface area contributed by atoms with Crippen LogP contribution in [0.25, 0.3) is 10.9 Å². The van der Waals surface area contributed by atoms with Crippen LogP contribution in [0.2, 0.25) is 0 Å². The van der Waals surface area contributed by atoms with E-state index in [1.807, 2.05) is 37.0 Å². The van der Waals surface area contributed by atoms with Crippen molar-refractivity contribution in [2.75, 3.05) is 26.2 Å². The Hall–Kier alpha value is -2.80. The minimum absolute atomic E-state index is 0.0443. The third kappa shape index (κ3) is 4.15. The van der Waals surface area contributed by atoms with Crippen molar-refractivity contribution >= 4 is 16.8 Å². The quantitative estimate of drug-likeness (QED) is 0.645. The van der Waals surface area contributed by atoms with E-state index in [-0.39, 0.29) is 11.9 Å². The number of benzene rings is 1. The minimum atomic E-state index is -0.0443. The van der Waals surface area contributed by atoms with Gasteiger partial charge in [-0.25, -0.2) is 4.68 Å². The summed E-state index contributed by atoms with van der Waals surface area (Å²) < 4.78 is 1.88. The van der Waals surface area contributed by atoms with E-state index in [1.165, 1.54) is 10.9 Å². The van der Waals surface area contributed by atoms with E-state index in [1.54, 1.807) is 4.90 Å². The maximum Gasteiger partial charge on any atom is 0.276 e. The summed E-state index contributed by atoms with van der Waals surface area (Å²) in [4.78, 5) is 21.2. The number of hydrogen-bond donors (Lipinski definition) is 0. The number of amides is 1. The summed E-state index contributed by atoms with van der Waals surface area (Å²) in [5.41, 5.74) is 2.77. The van der Waals surface area contributed by atoms with Crippen LogP contribution in [0.3, 0.4) is 0 Å². The Labute approximate surface area is 171 Å². The lowest BCUT2D eigenvalue weighted by atomic mass is 10.0. The zero-order chi connectivity index (χ0) is 20.2. The standard InChI is InChI=1S/C22H28N6O/c1-3-27(4-2)22(29)21-16-28(25-24-21)18-9-7-13-26(15-18)14-17-8-5-11-20-19(17)10-6-12-23-20/h5-6,8,10-12,16,18H,3-4,7,9,13-15H2,1-2H3/t18-/m1/s1. The average molecular weight is 393 g/mol. The van der Waals surface area contributed by atoms with Crippen LogP contribution in [0, 0.1) is 0 Å². The van der Waals surface area contributed by atoms with Gasteiger partial charge in [0.05, 0.1) is 17.8 Å². The molecular weight excluding hydrogens is 364 g/mol. The highest BCUT2D eigenvalue weighted by Crippen LogP contribution is 2.24. The summed E-state index contributed by atoms with van der Waals surface area (Å²) in [5, 5.41) is 9.65. The van der Waals surface area contributed by atoms with Gasteiger partial charge in [0.15, 0.2) is 5.69 Å². The summed E-state index contributed by atoms with van der Waals surface area (Å²) >= 11 is 0. The number of nitrogens with zero attached hydrogens (tertiary/aromatic N) is 6. The van der Waals surface area contributed by atoms with Gasteiger partial charge in [0.25, 0.3) is 5.91 Å². The van der Waals surface area contributed by atoms with E-state index in [0.29, 0.717) is 18.8 Å². The summed E-state index contributed by atoms with van der Waals surface area (Å²) in [6.45, 7) is 8.17. The zero-order valence-electron chi connectivity index (χ0n) is 17.2. The molecule has 29 heavy (non-hydrogen) atoms. The van der Waals surface area contributed by atoms with Gasteiger partial charge in [0.1, 0.15) is 0 Å². The third-order valence-corrected chi connectivity index (χ3v) is 5.76. The van der Waals surface area contributed by atoms with Gasteiger partial charge in [-0.2, -0.15) is 0 Å². The summed E-state index contributed by atoms with van der Waals surface area (Å²) in [5.74, 6) is -0.0443. The number of piperidine rings is 1. The Morgan fingerprint density at radius 2 is 2.07 bits per heavy atom. The lowest BCUT2D eigenvalue weighted by molar-refractivity contribution is 0.0767. The van der Waals surface area contributed by atoms with Crippen LogP contribution in [0.1, 0.15) is 48.8 Å². The maximum absolute atomic E-state index is 12.5. The van der Waals surface area contributed by atoms with Crippen molar-refractivity contribution in [2.24, 2.45) is 0 Å². The highest BCUT2D eigenvalue weighted by atomic mass is 16.2. The second-order valence-corrected chi connectivity index (χ2v) is 7.58. The van der Waals surface area contributed by atoms with Gasteiger partial charge in [-0.05, 0) is 50.9 Å². The molecule has 0 bridgehead atoms. The molecule has 7 nitrogen and oxygen atoms in total. The number of likely N-dealkylation sites (tertiary alicyclic amines) is 1. The number of carbonyl (C=O) groups excluding carboxylic acids is 1. The Morgan fingerprint density at radius 1 is 1.21 bits per heavy atom. The third-order valence-electron chi connectivity index (χ3n) is 5.76. The van der Waals surface area contributed by atoms with Crippen LogP contribution in [0.4, 0.5) is 0 Å². The molecule has 1 aliphatic rings. The van der Waals surface area contributed by atoms with Gasteiger partial charge in [0, 0.05) is 37.8 Å². The Morgan fingerprint density at radius 3 is 2.90 bits per heavy atom. The van der Waals surface area contributed by atoms with Crippen LogP contribution >= 0.6 is 0 Å². The van der Waals surface area contributed by atoms with E-state index in [4.69, 9.17) is 0 Å². The molecule has 0 N–H and O–H groups in total. The minimum Gasteiger partial charge on any atom is -0.338 e. The van der Waals surface area contributed by atoms with E-state index in [9.17, 15) is 4.79 Å². The summed E-state index contributed by atoms with van der Waals surface area (Å²) in [7, 11) is 0. The first-order valence-corrected chi connectivity index (χ1v) is 10.5. The predicted octanol–water partition coefficient (Wildman–Crippen LogP) is 3.15. The molecule has 1 atom stereocenters.